The van der Waals surface area contributed by atoms with Gasteiger partial charge < -0.3 is 14.6 Å². The first-order valence-corrected chi connectivity index (χ1v) is 3.19. The van der Waals surface area contributed by atoms with Crippen molar-refractivity contribution < 1.29 is 38.2 Å². The summed E-state index contributed by atoms with van der Waals surface area (Å²) in [7, 11) is 0. The van der Waals surface area contributed by atoms with Gasteiger partial charge in [-0.15, -0.1) is 6.61 Å². The van der Waals surface area contributed by atoms with E-state index in [9.17, 15) is 9.90 Å². The molecule has 11 heavy (non-hydrogen) atoms. The van der Waals surface area contributed by atoms with Crippen LogP contribution in [-0.4, -0.2) is 26.0 Å². The molecule has 0 rings (SSSR count). The number of hydrogen-bond acceptors (Lipinski definition) is 4. The molecule has 0 N–H and O–H groups in total. The first-order valence-electron chi connectivity index (χ1n) is 3.19. The van der Waals surface area contributed by atoms with Crippen molar-refractivity contribution in [2.24, 2.45) is 0 Å². The van der Waals surface area contributed by atoms with Gasteiger partial charge in [-0.25, -0.2) is 4.79 Å². The van der Waals surface area contributed by atoms with Gasteiger partial charge in [0.25, 0.3) is 0 Å². The van der Waals surface area contributed by atoms with E-state index in [4.69, 9.17) is 0 Å². The molecular formula is C6H11LiO4. The van der Waals surface area contributed by atoms with E-state index in [1.165, 1.54) is 0 Å². The molecule has 0 bridgehead atoms. The number of hydrogen-bond donors (Lipinski definition) is 0. The van der Waals surface area contributed by atoms with Crippen molar-refractivity contribution in [2.75, 3.05) is 19.8 Å². The maximum atomic E-state index is 10.4. The second kappa shape index (κ2) is 9.83. The Hall–Kier alpha value is -0.173. The van der Waals surface area contributed by atoms with Crippen LogP contribution in [0.3, 0.4) is 0 Å². The Morgan fingerprint density at radius 1 is 1.45 bits per heavy atom. The van der Waals surface area contributed by atoms with Gasteiger partial charge in [0, 0.05) is 0 Å². The van der Waals surface area contributed by atoms with E-state index in [0.29, 0.717) is 13.0 Å². The number of carbonyl (C=O) groups excluding carboxylic acids is 1. The summed E-state index contributed by atoms with van der Waals surface area (Å²) in [6.45, 7) is 1.92. The third kappa shape index (κ3) is 9.83. The van der Waals surface area contributed by atoms with Crippen molar-refractivity contribution in [3.05, 3.63) is 0 Å². The number of ether oxygens (including phenoxy) is 2. The van der Waals surface area contributed by atoms with Crippen molar-refractivity contribution in [1.29, 1.82) is 0 Å². The van der Waals surface area contributed by atoms with Crippen molar-refractivity contribution >= 4 is 6.16 Å². The summed E-state index contributed by atoms with van der Waals surface area (Å²) in [4.78, 5) is 10.4. The van der Waals surface area contributed by atoms with Gasteiger partial charge in [0.15, 0.2) is 0 Å². The predicted octanol–water partition coefficient (Wildman–Crippen LogP) is -3.09. The molecule has 0 heterocycles. The summed E-state index contributed by atoms with van der Waals surface area (Å²) < 4.78 is 8.89. The van der Waals surface area contributed by atoms with Crippen LogP contribution >= 0.6 is 0 Å². The maximum Gasteiger partial charge on any atom is 1.00 e. The Bertz CT molecular complexity index is 96.6. The summed E-state index contributed by atoms with van der Waals surface area (Å²) in [5, 5.41) is 9.84. The van der Waals surface area contributed by atoms with Crippen LogP contribution in [0.1, 0.15) is 13.3 Å². The van der Waals surface area contributed by atoms with E-state index in [-0.39, 0.29) is 32.1 Å². The second-order valence-corrected chi connectivity index (χ2v) is 1.59. The molecule has 0 aromatic carbocycles. The third-order valence-electron chi connectivity index (χ3n) is 0.771. The molecule has 0 saturated carbocycles. The van der Waals surface area contributed by atoms with Crippen molar-refractivity contribution in [1.82, 2.24) is 0 Å². The van der Waals surface area contributed by atoms with Gasteiger partial charge in [-0.1, -0.05) is 0 Å². The SMILES string of the molecule is CCOC(=O)OCCC[O-].[Li+]. The summed E-state index contributed by atoms with van der Waals surface area (Å²) in [5.74, 6) is 0. The molecule has 60 valence electrons. The molecule has 5 heteroatoms. The standard InChI is InChI=1S/C6H11O4.Li/c1-2-9-6(8)10-5-3-4-7;/h2-5H2,1H3;/q-1;+1. The van der Waals surface area contributed by atoms with Crippen LogP contribution in [0, 0.1) is 0 Å². The van der Waals surface area contributed by atoms with Crippen LogP contribution in [0.15, 0.2) is 0 Å². The van der Waals surface area contributed by atoms with Crippen LogP contribution in [-0.2, 0) is 9.47 Å². The average molecular weight is 154 g/mol. The van der Waals surface area contributed by atoms with E-state index < -0.39 is 6.16 Å². The molecule has 0 atom stereocenters. The molecule has 0 aliphatic heterocycles. The smallest absolute Gasteiger partial charge is 0.854 e. The van der Waals surface area contributed by atoms with Crippen LogP contribution < -0.4 is 24.0 Å². The van der Waals surface area contributed by atoms with Crippen LogP contribution in [0.4, 0.5) is 4.79 Å². The quantitative estimate of drug-likeness (QED) is 0.245. The summed E-state index contributed by atoms with van der Waals surface area (Å²) in [6, 6.07) is 0. The fourth-order valence-corrected chi connectivity index (χ4v) is 0.374. The van der Waals surface area contributed by atoms with E-state index in [1.54, 1.807) is 6.92 Å². The molecule has 0 unspecified atom stereocenters. The number of carbonyl (C=O) groups is 1. The molecule has 4 nitrogen and oxygen atoms in total. The second-order valence-electron chi connectivity index (χ2n) is 1.59. The summed E-state index contributed by atoms with van der Waals surface area (Å²) in [5.41, 5.74) is 0. The minimum absolute atomic E-state index is 0. The Labute approximate surface area is 78.0 Å². The van der Waals surface area contributed by atoms with E-state index in [1.807, 2.05) is 0 Å². The average Bonchev–Trinajstić information content (AvgIpc) is 1.89. The molecule has 0 fully saturated rings. The normalized spacial score (nSPS) is 8.18. The van der Waals surface area contributed by atoms with Gasteiger partial charge in [0.1, 0.15) is 0 Å². The molecule has 0 amide bonds. The van der Waals surface area contributed by atoms with Crippen LogP contribution in [0.25, 0.3) is 0 Å². The van der Waals surface area contributed by atoms with E-state index in [2.05, 4.69) is 9.47 Å². The van der Waals surface area contributed by atoms with Crippen LogP contribution in [0.5, 0.6) is 0 Å². The van der Waals surface area contributed by atoms with Crippen molar-refractivity contribution in [3.8, 4) is 0 Å². The van der Waals surface area contributed by atoms with Crippen molar-refractivity contribution in [2.45, 2.75) is 13.3 Å². The molecule has 0 aromatic heterocycles. The zero-order valence-corrected chi connectivity index (χ0v) is 6.96. The Morgan fingerprint density at radius 3 is 2.55 bits per heavy atom. The van der Waals surface area contributed by atoms with Gasteiger partial charge in [-0.2, -0.15) is 0 Å². The fraction of sp³-hybridized carbons (Fsp3) is 0.833. The molecule has 0 radical (unpaired) electrons. The van der Waals surface area contributed by atoms with Gasteiger partial charge in [-0.05, 0) is 13.3 Å². The van der Waals surface area contributed by atoms with Gasteiger partial charge in [-0.3, -0.25) is 0 Å². The molecule has 0 aliphatic carbocycles. The first kappa shape index (κ1) is 13.4. The zero-order chi connectivity index (χ0) is 7.82. The largest absolute Gasteiger partial charge is 1.00 e. The third-order valence-corrected chi connectivity index (χ3v) is 0.771. The first-order chi connectivity index (χ1) is 4.81. The predicted molar refractivity (Wildman–Crippen MR) is 32.5 cm³/mol. The maximum absolute atomic E-state index is 10.4. The Balaban J connectivity index is 0. The van der Waals surface area contributed by atoms with Crippen LogP contribution in [0.2, 0.25) is 0 Å². The zero-order valence-electron chi connectivity index (χ0n) is 6.96. The molecular weight excluding hydrogens is 143 g/mol. The van der Waals surface area contributed by atoms with Gasteiger partial charge in [0.05, 0.1) is 13.2 Å². The summed E-state index contributed by atoms with van der Waals surface area (Å²) in [6.07, 6.45) is -0.352. The fourth-order valence-electron chi connectivity index (χ4n) is 0.374. The monoisotopic (exact) mass is 154 g/mol. The molecule has 0 spiro atoms. The number of rotatable bonds is 4. The molecule has 0 aromatic rings. The molecule has 0 aliphatic rings. The summed E-state index contributed by atoms with van der Waals surface area (Å²) >= 11 is 0. The topological polar surface area (TPSA) is 58.6 Å². The molecule has 0 saturated heterocycles. The Morgan fingerprint density at radius 2 is 2.09 bits per heavy atom. The van der Waals surface area contributed by atoms with Gasteiger partial charge in [0.2, 0.25) is 0 Å². The van der Waals surface area contributed by atoms with Gasteiger partial charge >= 0.3 is 25.0 Å². The van der Waals surface area contributed by atoms with E-state index in [0.717, 1.165) is 0 Å². The van der Waals surface area contributed by atoms with Crippen molar-refractivity contribution in [3.63, 3.8) is 0 Å². The minimum atomic E-state index is -0.698. The minimum Gasteiger partial charge on any atom is -0.854 e. The Kier molecular flexibility index (Phi) is 12.0. The van der Waals surface area contributed by atoms with E-state index >= 15 is 0 Å².